The number of aromatic hydroxyl groups is 1. The average molecular weight is 547 g/mol. The fraction of sp³-hybridized carbons (Fsp3) is 0.423. The van der Waals surface area contributed by atoms with Gasteiger partial charge < -0.3 is 15.5 Å². The van der Waals surface area contributed by atoms with E-state index in [9.17, 15) is 23.1 Å². The molecule has 4 N–H and O–H groups in total. The fourth-order valence-corrected chi connectivity index (χ4v) is 4.99. The summed E-state index contributed by atoms with van der Waals surface area (Å²) in [7, 11) is -4.31. The van der Waals surface area contributed by atoms with Crippen LogP contribution in [0.15, 0.2) is 52.2 Å². The molecule has 0 bridgehead atoms. The normalized spacial score (nSPS) is 14.1. The molecular formula is C26H34N4O7S. The SMILES string of the molecule is Cc1cccc(S(=O)(=O)O)c1O.Cc1nn(CCC2CCNCC2)c(=O)n1-c1ccc(CCC(=O)O)cc1. The Kier molecular flexibility index (Phi) is 9.84. The summed E-state index contributed by atoms with van der Waals surface area (Å²) in [6, 6.07) is 11.6. The molecule has 0 radical (unpaired) electrons. The Hall–Kier alpha value is -3.48. The van der Waals surface area contributed by atoms with Crippen LogP contribution in [0.3, 0.4) is 0 Å². The number of piperidine rings is 1. The number of carbonyl (C=O) groups is 1. The Balaban J connectivity index is 0.000000279. The van der Waals surface area contributed by atoms with E-state index in [0.717, 1.165) is 49.7 Å². The first-order chi connectivity index (χ1) is 18.0. The van der Waals surface area contributed by atoms with Crippen molar-refractivity contribution >= 4 is 16.1 Å². The first kappa shape index (κ1) is 29.1. The van der Waals surface area contributed by atoms with E-state index in [0.29, 0.717) is 30.3 Å². The third kappa shape index (κ3) is 7.76. The summed E-state index contributed by atoms with van der Waals surface area (Å²) in [5.41, 5.74) is 2.00. The second kappa shape index (κ2) is 12.9. The number of nitrogens with one attached hydrogen (secondary N) is 1. The molecule has 0 unspecified atom stereocenters. The van der Waals surface area contributed by atoms with Crippen LogP contribution in [0.2, 0.25) is 0 Å². The lowest BCUT2D eigenvalue weighted by Crippen LogP contribution is -2.30. The van der Waals surface area contributed by atoms with Gasteiger partial charge in [0.1, 0.15) is 16.5 Å². The van der Waals surface area contributed by atoms with Crippen molar-refractivity contribution in [3.8, 4) is 11.4 Å². The van der Waals surface area contributed by atoms with Crippen LogP contribution < -0.4 is 11.0 Å². The van der Waals surface area contributed by atoms with Crippen molar-refractivity contribution < 1.29 is 28.0 Å². The van der Waals surface area contributed by atoms with Crippen LogP contribution >= 0.6 is 0 Å². The summed E-state index contributed by atoms with van der Waals surface area (Å²) in [6.45, 7) is 6.14. The topological polar surface area (TPSA) is 164 Å². The molecule has 1 saturated heterocycles. The Morgan fingerprint density at radius 2 is 1.76 bits per heavy atom. The van der Waals surface area contributed by atoms with Crippen molar-refractivity contribution in [3.63, 3.8) is 0 Å². The van der Waals surface area contributed by atoms with Crippen LogP contribution in [-0.2, 0) is 27.9 Å². The zero-order valence-electron chi connectivity index (χ0n) is 21.5. The largest absolute Gasteiger partial charge is 0.506 e. The molecule has 11 nitrogen and oxygen atoms in total. The molecule has 12 heteroatoms. The predicted molar refractivity (Wildman–Crippen MR) is 141 cm³/mol. The van der Waals surface area contributed by atoms with E-state index < -0.39 is 26.7 Å². The number of aliphatic carboxylic acids is 1. The highest BCUT2D eigenvalue weighted by atomic mass is 32.2. The van der Waals surface area contributed by atoms with Gasteiger partial charge in [-0.25, -0.2) is 14.0 Å². The van der Waals surface area contributed by atoms with E-state index >= 15 is 0 Å². The number of benzene rings is 2. The number of phenolic OH excluding ortho intramolecular Hbond substituents is 1. The molecule has 1 aliphatic heterocycles. The maximum Gasteiger partial charge on any atom is 0.350 e. The van der Waals surface area contributed by atoms with Crippen molar-refractivity contribution in [3.05, 3.63) is 69.9 Å². The van der Waals surface area contributed by atoms with E-state index in [1.165, 1.54) is 6.07 Å². The number of hydrogen-bond donors (Lipinski definition) is 4. The minimum Gasteiger partial charge on any atom is -0.506 e. The quantitative estimate of drug-likeness (QED) is 0.311. The van der Waals surface area contributed by atoms with Gasteiger partial charge in [0, 0.05) is 13.0 Å². The number of rotatable bonds is 8. The molecule has 0 saturated carbocycles. The molecule has 1 fully saturated rings. The summed E-state index contributed by atoms with van der Waals surface area (Å²) in [6.07, 6.45) is 3.89. The molecular weight excluding hydrogens is 512 g/mol. The van der Waals surface area contributed by atoms with Gasteiger partial charge in [-0.3, -0.25) is 9.35 Å². The Morgan fingerprint density at radius 1 is 1.11 bits per heavy atom. The number of carboxylic acids is 1. The van der Waals surface area contributed by atoms with E-state index in [1.807, 2.05) is 31.2 Å². The monoisotopic (exact) mass is 546 g/mol. The zero-order chi connectivity index (χ0) is 27.9. The van der Waals surface area contributed by atoms with Crippen LogP contribution in [0.1, 0.15) is 42.6 Å². The number of nitrogens with zero attached hydrogens (tertiary/aromatic N) is 3. The van der Waals surface area contributed by atoms with Crippen LogP contribution in [0.5, 0.6) is 5.75 Å². The summed E-state index contributed by atoms with van der Waals surface area (Å²) in [4.78, 5) is 22.9. The van der Waals surface area contributed by atoms with Crippen LogP contribution in [0, 0.1) is 19.8 Å². The molecule has 0 spiro atoms. The molecule has 1 aliphatic rings. The van der Waals surface area contributed by atoms with E-state index in [2.05, 4.69) is 10.4 Å². The molecule has 1 aromatic heterocycles. The van der Waals surface area contributed by atoms with Gasteiger partial charge in [0.15, 0.2) is 0 Å². The van der Waals surface area contributed by atoms with Gasteiger partial charge in [-0.2, -0.15) is 13.5 Å². The molecule has 2 aromatic carbocycles. The second-order valence-electron chi connectivity index (χ2n) is 9.33. The van der Waals surface area contributed by atoms with Crippen LogP contribution in [0.4, 0.5) is 0 Å². The maximum atomic E-state index is 12.7. The molecule has 0 aliphatic carbocycles. The minimum absolute atomic E-state index is 0.104. The molecule has 38 heavy (non-hydrogen) atoms. The third-order valence-electron chi connectivity index (χ3n) is 6.51. The van der Waals surface area contributed by atoms with Crippen molar-refractivity contribution in [2.45, 2.75) is 57.4 Å². The number of para-hydroxylation sites is 1. The zero-order valence-corrected chi connectivity index (χ0v) is 22.3. The lowest BCUT2D eigenvalue weighted by atomic mass is 9.95. The average Bonchev–Trinajstić information content (AvgIpc) is 3.16. The summed E-state index contributed by atoms with van der Waals surface area (Å²) in [5.74, 6) is 0.108. The second-order valence-corrected chi connectivity index (χ2v) is 10.7. The molecule has 4 rings (SSSR count). The van der Waals surface area contributed by atoms with E-state index in [1.54, 1.807) is 22.2 Å². The summed E-state index contributed by atoms with van der Waals surface area (Å²) >= 11 is 0. The highest BCUT2D eigenvalue weighted by Gasteiger charge is 2.17. The van der Waals surface area contributed by atoms with Gasteiger partial charge in [-0.15, -0.1) is 0 Å². The van der Waals surface area contributed by atoms with Crippen LogP contribution in [0.25, 0.3) is 5.69 Å². The number of carboxylic acid groups (broad SMARTS) is 1. The standard InChI is InChI=1S/C19H26N4O3.C7H8O4S/c1-14-21-22(13-10-16-8-11-20-12-9-16)19(26)23(14)17-5-2-15(3-6-17)4-7-18(24)25;1-5-3-2-4-6(7(5)8)12(9,10)11/h2-3,5-6,16,20H,4,7-13H2,1H3,(H,24,25);2-4,8H,1H3,(H,9,10,11). The number of phenols is 1. The smallest absolute Gasteiger partial charge is 0.350 e. The fourth-order valence-electron chi connectivity index (χ4n) is 4.34. The number of aryl methyl sites for hydroxylation is 4. The lowest BCUT2D eigenvalue weighted by Gasteiger charge is -2.22. The van der Waals surface area contributed by atoms with Crippen molar-refractivity contribution in [2.24, 2.45) is 5.92 Å². The Morgan fingerprint density at radius 3 is 2.34 bits per heavy atom. The van der Waals surface area contributed by atoms with Crippen LogP contribution in [-0.4, -0.2) is 56.6 Å². The Bertz CT molecular complexity index is 1410. The van der Waals surface area contributed by atoms with Gasteiger partial charge in [0.2, 0.25) is 0 Å². The third-order valence-corrected chi connectivity index (χ3v) is 7.39. The van der Waals surface area contributed by atoms with Crippen molar-refractivity contribution in [1.82, 2.24) is 19.7 Å². The molecule has 2 heterocycles. The molecule has 0 atom stereocenters. The van der Waals surface area contributed by atoms with E-state index in [-0.39, 0.29) is 12.1 Å². The first-order valence-corrected chi connectivity index (χ1v) is 13.9. The highest BCUT2D eigenvalue weighted by Crippen LogP contribution is 2.25. The lowest BCUT2D eigenvalue weighted by molar-refractivity contribution is -0.136. The number of aromatic nitrogens is 3. The predicted octanol–water partition coefficient (Wildman–Crippen LogP) is 2.70. The van der Waals surface area contributed by atoms with Gasteiger partial charge in [-0.05, 0) is 87.9 Å². The van der Waals surface area contributed by atoms with Crippen molar-refractivity contribution in [1.29, 1.82) is 0 Å². The van der Waals surface area contributed by atoms with Gasteiger partial charge in [0.25, 0.3) is 10.1 Å². The Labute approximate surface area is 221 Å². The molecule has 3 aromatic rings. The summed E-state index contributed by atoms with van der Waals surface area (Å²) < 4.78 is 33.0. The molecule has 0 amide bonds. The first-order valence-electron chi connectivity index (χ1n) is 12.4. The minimum atomic E-state index is -4.31. The van der Waals surface area contributed by atoms with E-state index in [4.69, 9.17) is 9.66 Å². The number of hydrogen-bond acceptors (Lipinski definition) is 7. The van der Waals surface area contributed by atoms with Gasteiger partial charge >= 0.3 is 11.7 Å². The highest BCUT2D eigenvalue weighted by molar-refractivity contribution is 7.86. The molecule has 206 valence electrons. The summed E-state index contributed by atoms with van der Waals surface area (Å²) in [5, 5.41) is 25.7. The van der Waals surface area contributed by atoms with Crippen molar-refractivity contribution in [2.75, 3.05) is 13.1 Å². The maximum absolute atomic E-state index is 12.7. The van der Waals surface area contributed by atoms with Gasteiger partial charge in [0.05, 0.1) is 5.69 Å². The van der Waals surface area contributed by atoms with Gasteiger partial charge in [-0.1, -0.05) is 24.3 Å².